The highest BCUT2D eigenvalue weighted by Gasteiger charge is 2.31. The van der Waals surface area contributed by atoms with E-state index in [4.69, 9.17) is 21.1 Å². The smallest absolute Gasteiger partial charge is 0.339 e. The minimum atomic E-state index is -0.983. The summed E-state index contributed by atoms with van der Waals surface area (Å²) in [5.41, 5.74) is 1.90. The molecule has 162 valence electrons. The van der Waals surface area contributed by atoms with E-state index in [0.29, 0.717) is 33.3 Å². The number of hydrogen-bond donors (Lipinski definition) is 1. The van der Waals surface area contributed by atoms with Crippen LogP contribution in [0.15, 0.2) is 66.7 Å². The maximum Gasteiger partial charge on any atom is 0.339 e. The zero-order valence-electron chi connectivity index (χ0n) is 17.0. The number of cyclic esters (lactones) is 1. The van der Waals surface area contributed by atoms with Gasteiger partial charge in [0.25, 0.3) is 5.91 Å². The molecule has 0 saturated carbocycles. The Bertz CT molecular complexity index is 1190. The first-order chi connectivity index (χ1) is 15.4. The Hall–Kier alpha value is -3.84. The van der Waals surface area contributed by atoms with Gasteiger partial charge in [-0.3, -0.25) is 4.79 Å². The topological polar surface area (TPSA) is 90.9 Å². The molecule has 0 spiro atoms. The number of carbonyl (C=O) groups is 3. The van der Waals surface area contributed by atoms with Gasteiger partial charge in [-0.05, 0) is 54.1 Å². The van der Waals surface area contributed by atoms with E-state index in [0.717, 1.165) is 5.56 Å². The maximum absolute atomic E-state index is 12.9. The van der Waals surface area contributed by atoms with Gasteiger partial charge in [0, 0.05) is 11.4 Å². The third-order valence-corrected chi connectivity index (χ3v) is 5.12. The van der Waals surface area contributed by atoms with Crippen molar-refractivity contribution in [3.8, 4) is 11.5 Å². The lowest BCUT2D eigenvalue weighted by molar-refractivity contribution is -0.125. The second-order valence-electron chi connectivity index (χ2n) is 7.00. The molecule has 8 heteroatoms. The molecule has 0 bridgehead atoms. The van der Waals surface area contributed by atoms with Gasteiger partial charge in [0.05, 0.1) is 23.9 Å². The lowest BCUT2D eigenvalue weighted by atomic mass is 9.98. The van der Waals surface area contributed by atoms with Gasteiger partial charge in [0.15, 0.2) is 11.9 Å². The summed E-state index contributed by atoms with van der Waals surface area (Å²) in [6, 6.07) is 18.1. The van der Waals surface area contributed by atoms with Crippen LogP contribution in [-0.4, -0.2) is 31.1 Å². The van der Waals surface area contributed by atoms with E-state index in [9.17, 15) is 14.4 Å². The summed E-state index contributed by atoms with van der Waals surface area (Å²) < 4.78 is 15.9. The summed E-state index contributed by atoms with van der Waals surface area (Å²) in [5, 5.41) is 3.12. The van der Waals surface area contributed by atoms with Gasteiger partial charge in [-0.2, -0.15) is 0 Å². The Labute approximate surface area is 188 Å². The monoisotopic (exact) mass is 451 g/mol. The molecule has 0 unspecified atom stereocenters. The molecular weight excluding hydrogens is 434 g/mol. The van der Waals surface area contributed by atoms with Gasteiger partial charge < -0.3 is 19.5 Å². The predicted molar refractivity (Wildman–Crippen MR) is 117 cm³/mol. The summed E-state index contributed by atoms with van der Waals surface area (Å²) >= 11 is 6.11. The molecule has 1 amide bonds. The number of methoxy groups -OCH3 is 1. The van der Waals surface area contributed by atoms with Crippen molar-refractivity contribution in [3.05, 3.63) is 88.4 Å². The summed E-state index contributed by atoms with van der Waals surface area (Å²) in [5.74, 6) is -0.731. The quantitative estimate of drug-likeness (QED) is 0.568. The lowest BCUT2D eigenvalue weighted by Crippen LogP contribution is -2.38. The predicted octanol–water partition coefficient (Wildman–Crippen LogP) is 4.64. The number of anilines is 1. The van der Waals surface area contributed by atoms with E-state index in [1.165, 1.54) is 13.2 Å². The Morgan fingerprint density at radius 3 is 2.56 bits per heavy atom. The lowest BCUT2D eigenvalue weighted by Gasteiger charge is -2.24. The first kappa shape index (κ1) is 21.4. The molecular formula is C24H18ClNO6. The van der Waals surface area contributed by atoms with E-state index >= 15 is 0 Å². The molecule has 1 aliphatic heterocycles. The Morgan fingerprint density at radius 2 is 1.81 bits per heavy atom. The standard InChI is InChI=1S/C24H18ClNO6/c1-30-23(28)14-6-9-17(10-7-14)31-20-11-8-16(25)13-19(20)26-22(27)21-12-15-4-2-3-5-18(15)24(29)32-21/h2-11,13,21H,12H2,1H3,(H,26,27)/t21-/m1/s1. The molecule has 0 aliphatic carbocycles. The number of nitrogens with one attached hydrogen (secondary N) is 1. The number of esters is 2. The van der Waals surface area contributed by atoms with Crippen molar-refractivity contribution in [1.29, 1.82) is 0 Å². The number of fused-ring (bicyclic) bond motifs is 1. The number of amides is 1. The molecule has 0 fully saturated rings. The number of carbonyl (C=O) groups excluding carboxylic acids is 3. The maximum atomic E-state index is 12.9. The molecule has 1 N–H and O–H groups in total. The molecule has 1 atom stereocenters. The van der Waals surface area contributed by atoms with Crippen molar-refractivity contribution in [1.82, 2.24) is 0 Å². The summed E-state index contributed by atoms with van der Waals surface area (Å²) in [6.45, 7) is 0. The zero-order valence-corrected chi connectivity index (χ0v) is 17.7. The number of halogens is 1. The minimum Gasteiger partial charge on any atom is -0.465 e. The molecule has 1 aliphatic rings. The SMILES string of the molecule is COC(=O)c1ccc(Oc2ccc(Cl)cc2NC(=O)[C@H]2Cc3ccccc3C(=O)O2)cc1. The molecule has 7 nitrogen and oxygen atoms in total. The van der Waals surface area contributed by atoms with E-state index < -0.39 is 23.9 Å². The van der Waals surface area contributed by atoms with E-state index in [-0.39, 0.29) is 6.42 Å². The van der Waals surface area contributed by atoms with Crippen LogP contribution >= 0.6 is 11.6 Å². The molecule has 0 radical (unpaired) electrons. The van der Waals surface area contributed by atoms with Crippen LogP contribution in [0.25, 0.3) is 0 Å². The van der Waals surface area contributed by atoms with Crippen molar-refractivity contribution >= 4 is 35.1 Å². The van der Waals surface area contributed by atoms with Crippen LogP contribution in [0.3, 0.4) is 0 Å². The molecule has 3 aromatic rings. The van der Waals surface area contributed by atoms with Gasteiger partial charge in [-0.1, -0.05) is 29.8 Å². The summed E-state index contributed by atoms with van der Waals surface area (Å²) in [6.07, 6.45) is -0.719. The van der Waals surface area contributed by atoms with Crippen LogP contribution in [0.2, 0.25) is 5.02 Å². The first-order valence-corrected chi connectivity index (χ1v) is 10.1. The Morgan fingerprint density at radius 1 is 1.06 bits per heavy atom. The van der Waals surface area contributed by atoms with Gasteiger partial charge in [-0.15, -0.1) is 0 Å². The average molecular weight is 452 g/mol. The number of hydrogen-bond acceptors (Lipinski definition) is 6. The molecule has 4 rings (SSSR count). The van der Waals surface area contributed by atoms with Crippen molar-refractivity contribution in [3.63, 3.8) is 0 Å². The highest BCUT2D eigenvalue weighted by Crippen LogP contribution is 2.33. The zero-order chi connectivity index (χ0) is 22.7. The van der Waals surface area contributed by atoms with E-state index in [1.807, 2.05) is 0 Å². The third kappa shape index (κ3) is 4.58. The van der Waals surface area contributed by atoms with Crippen LogP contribution in [0, 0.1) is 0 Å². The average Bonchev–Trinajstić information content (AvgIpc) is 2.80. The molecule has 1 heterocycles. The largest absolute Gasteiger partial charge is 0.465 e. The van der Waals surface area contributed by atoms with Gasteiger partial charge >= 0.3 is 11.9 Å². The van der Waals surface area contributed by atoms with Gasteiger partial charge in [0.2, 0.25) is 0 Å². The fourth-order valence-corrected chi connectivity index (χ4v) is 3.46. The molecule has 0 saturated heterocycles. The minimum absolute atomic E-state index is 0.263. The van der Waals surface area contributed by atoms with Crippen molar-refractivity contribution < 1.29 is 28.6 Å². The number of benzene rings is 3. The van der Waals surface area contributed by atoms with Crippen LogP contribution in [0.4, 0.5) is 5.69 Å². The highest BCUT2D eigenvalue weighted by molar-refractivity contribution is 6.31. The summed E-state index contributed by atoms with van der Waals surface area (Å²) in [7, 11) is 1.30. The van der Waals surface area contributed by atoms with E-state index in [1.54, 1.807) is 60.7 Å². The van der Waals surface area contributed by atoms with Crippen LogP contribution in [-0.2, 0) is 20.7 Å². The number of rotatable bonds is 5. The van der Waals surface area contributed by atoms with Gasteiger partial charge in [0.1, 0.15) is 5.75 Å². The van der Waals surface area contributed by atoms with Crippen molar-refractivity contribution in [2.24, 2.45) is 0 Å². The molecule has 0 aromatic heterocycles. The van der Waals surface area contributed by atoms with Gasteiger partial charge in [-0.25, -0.2) is 9.59 Å². The van der Waals surface area contributed by atoms with Crippen LogP contribution in [0.5, 0.6) is 11.5 Å². The van der Waals surface area contributed by atoms with Crippen LogP contribution in [0.1, 0.15) is 26.3 Å². The second kappa shape index (κ2) is 9.11. The third-order valence-electron chi connectivity index (χ3n) is 4.89. The van der Waals surface area contributed by atoms with Crippen molar-refractivity contribution in [2.45, 2.75) is 12.5 Å². The Kier molecular flexibility index (Phi) is 6.09. The summed E-state index contributed by atoms with van der Waals surface area (Å²) in [4.78, 5) is 36.7. The second-order valence-corrected chi connectivity index (χ2v) is 7.44. The molecule has 32 heavy (non-hydrogen) atoms. The fourth-order valence-electron chi connectivity index (χ4n) is 3.28. The Balaban J connectivity index is 1.52. The number of ether oxygens (including phenoxy) is 3. The normalized spacial score (nSPS) is 14.7. The fraction of sp³-hybridized carbons (Fsp3) is 0.125. The van der Waals surface area contributed by atoms with Crippen LogP contribution < -0.4 is 10.1 Å². The van der Waals surface area contributed by atoms with Crippen molar-refractivity contribution in [2.75, 3.05) is 12.4 Å². The molecule has 3 aromatic carbocycles. The van der Waals surface area contributed by atoms with E-state index in [2.05, 4.69) is 10.1 Å². The highest BCUT2D eigenvalue weighted by atomic mass is 35.5. The first-order valence-electron chi connectivity index (χ1n) is 9.70.